The second-order valence-electron chi connectivity index (χ2n) is 4.69. The lowest BCUT2D eigenvalue weighted by molar-refractivity contribution is 0.593. The van der Waals surface area contributed by atoms with Crippen LogP contribution in [0.3, 0.4) is 0 Å². The molecule has 1 rings (SSSR count). The van der Waals surface area contributed by atoms with Crippen molar-refractivity contribution in [2.24, 2.45) is 5.92 Å². The van der Waals surface area contributed by atoms with Gasteiger partial charge in [-0.2, -0.15) is 0 Å². The second-order valence-corrected chi connectivity index (χ2v) is 5.00. The van der Waals surface area contributed by atoms with E-state index in [0.717, 1.165) is 12.3 Å². The first kappa shape index (κ1) is 12.6. The number of halogens is 1. The summed E-state index contributed by atoms with van der Waals surface area (Å²) < 4.78 is 0. The summed E-state index contributed by atoms with van der Waals surface area (Å²) in [5, 5.41) is 0. The minimum atomic E-state index is 0.622. The molecule has 1 unspecified atom stereocenters. The number of hydrogen-bond donors (Lipinski definition) is 0. The summed E-state index contributed by atoms with van der Waals surface area (Å²) in [4.78, 5) is 0. The highest BCUT2D eigenvalue weighted by Crippen LogP contribution is 2.16. The molecule has 84 valence electrons. The molecule has 0 fully saturated rings. The molecular weight excluding hydrogens is 204 g/mol. The molecule has 0 saturated heterocycles. The van der Waals surface area contributed by atoms with Crippen molar-refractivity contribution < 1.29 is 0 Å². The van der Waals surface area contributed by atoms with Gasteiger partial charge < -0.3 is 0 Å². The van der Waals surface area contributed by atoms with Crippen LogP contribution in [-0.4, -0.2) is 5.88 Å². The first-order valence-electron chi connectivity index (χ1n) is 5.78. The van der Waals surface area contributed by atoms with Crippen molar-refractivity contribution in [3.8, 4) is 0 Å². The molecule has 0 amide bonds. The Morgan fingerprint density at radius 2 is 1.67 bits per heavy atom. The van der Waals surface area contributed by atoms with Crippen molar-refractivity contribution >= 4 is 11.6 Å². The van der Waals surface area contributed by atoms with Crippen molar-refractivity contribution in [1.82, 2.24) is 0 Å². The summed E-state index contributed by atoms with van der Waals surface area (Å²) in [6.07, 6.45) is 2.33. The minimum Gasteiger partial charge on any atom is -0.126 e. The van der Waals surface area contributed by atoms with Crippen LogP contribution >= 0.6 is 11.6 Å². The highest BCUT2D eigenvalue weighted by Gasteiger charge is 2.02. The maximum Gasteiger partial charge on any atom is 0.0249 e. The molecule has 0 aliphatic carbocycles. The van der Waals surface area contributed by atoms with Crippen LogP contribution in [0.1, 0.15) is 44.2 Å². The molecule has 1 aromatic rings. The van der Waals surface area contributed by atoms with E-state index in [-0.39, 0.29) is 0 Å². The van der Waals surface area contributed by atoms with Gasteiger partial charge in [-0.15, -0.1) is 11.6 Å². The lowest BCUT2D eigenvalue weighted by atomic mass is 9.98. The van der Waals surface area contributed by atoms with E-state index < -0.39 is 0 Å². The summed E-state index contributed by atoms with van der Waals surface area (Å²) in [6.45, 7) is 6.66. The molecule has 0 aromatic heterocycles. The molecule has 1 atom stereocenters. The third-order valence-electron chi connectivity index (χ3n) is 2.84. The van der Waals surface area contributed by atoms with Crippen LogP contribution in [0.5, 0.6) is 0 Å². The molecular formula is C14H21Cl. The van der Waals surface area contributed by atoms with Crippen LogP contribution in [0.4, 0.5) is 0 Å². The summed E-state index contributed by atoms with van der Waals surface area (Å²) in [7, 11) is 0. The zero-order valence-electron chi connectivity index (χ0n) is 9.96. The molecule has 0 bridgehead atoms. The Balaban J connectivity index is 2.50. The Morgan fingerprint density at radius 3 is 2.13 bits per heavy atom. The van der Waals surface area contributed by atoms with Crippen LogP contribution in [0.25, 0.3) is 0 Å². The predicted octanol–water partition coefficient (Wildman–Crippen LogP) is 4.62. The van der Waals surface area contributed by atoms with Gasteiger partial charge in [0.05, 0.1) is 0 Å². The summed E-state index contributed by atoms with van der Waals surface area (Å²) in [5.41, 5.74) is 2.85. The van der Waals surface area contributed by atoms with E-state index in [1.807, 2.05) is 0 Å². The topological polar surface area (TPSA) is 0 Å². The van der Waals surface area contributed by atoms with Crippen LogP contribution < -0.4 is 0 Å². The van der Waals surface area contributed by atoms with E-state index in [9.17, 15) is 0 Å². The largest absolute Gasteiger partial charge is 0.126 e. The smallest absolute Gasteiger partial charge is 0.0249 e. The van der Waals surface area contributed by atoms with Gasteiger partial charge in [-0.25, -0.2) is 0 Å². The first-order valence-corrected chi connectivity index (χ1v) is 6.31. The second kappa shape index (κ2) is 6.17. The maximum absolute atomic E-state index is 5.79. The van der Waals surface area contributed by atoms with E-state index in [4.69, 9.17) is 11.6 Å². The number of rotatable bonds is 5. The van der Waals surface area contributed by atoms with E-state index in [1.165, 1.54) is 17.5 Å². The average molecular weight is 225 g/mol. The predicted molar refractivity (Wildman–Crippen MR) is 68.7 cm³/mol. The lowest BCUT2D eigenvalue weighted by Gasteiger charge is -2.09. The summed E-state index contributed by atoms with van der Waals surface area (Å²) in [6, 6.07) is 8.98. The van der Waals surface area contributed by atoms with Crippen molar-refractivity contribution in [1.29, 1.82) is 0 Å². The van der Waals surface area contributed by atoms with Gasteiger partial charge in [0.2, 0.25) is 0 Å². The molecule has 0 aliphatic rings. The van der Waals surface area contributed by atoms with Gasteiger partial charge in [0, 0.05) is 5.88 Å². The molecule has 1 heteroatoms. The van der Waals surface area contributed by atoms with Crippen LogP contribution in [-0.2, 0) is 6.42 Å². The molecule has 0 nitrogen and oxygen atoms in total. The van der Waals surface area contributed by atoms with E-state index in [2.05, 4.69) is 45.0 Å². The van der Waals surface area contributed by atoms with Crippen molar-refractivity contribution in [3.05, 3.63) is 35.4 Å². The van der Waals surface area contributed by atoms with E-state index in [1.54, 1.807) is 0 Å². The van der Waals surface area contributed by atoms with E-state index in [0.29, 0.717) is 11.8 Å². The third-order valence-corrected chi connectivity index (χ3v) is 3.36. The van der Waals surface area contributed by atoms with E-state index >= 15 is 0 Å². The lowest BCUT2D eigenvalue weighted by Crippen LogP contribution is -1.98. The molecule has 0 heterocycles. The molecule has 0 aliphatic heterocycles. The fourth-order valence-corrected chi connectivity index (χ4v) is 1.71. The van der Waals surface area contributed by atoms with Crippen molar-refractivity contribution in [2.75, 3.05) is 5.88 Å². The van der Waals surface area contributed by atoms with Crippen molar-refractivity contribution in [2.45, 2.75) is 39.5 Å². The van der Waals surface area contributed by atoms with Crippen LogP contribution in [0.2, 0.25) is 0 Å². The Morgan fingerprint density at radius 1 is 1.07 bits per heavy atom. The van der Waals surface area contributed by atoms with Crippen LogP contribution in [0.15, 0.2) is 24.3 Å². The maximum atomic E-state index is 5.79. The van der Waals surface area contributed by atoms with Crippen molar-refractivity contribution in [3.63, 3.8) is 0 Å². The van der Waals surface area contributed by atoms with Gasteiger partial charge in [-0.3, -0.25) is 0 Å². The number of benzene rings is 1. The molecule has 0 spiro atoms. The Labute approximate surface area is 98.7 Å². The SMILES string of the molecule is CC(CCl)CCc1ccc(C(C)C)cc1. The zero-order chi connectivity index (χ0) is 11.3. The standard InChI is InChI=1S/C14H21Cl/c1-11(2)14-8-6-13(7-9-14)5-4-12(3)10-15/h6-9,11-12H,4-5,10H2,1-3H3. The molecule has 1 aromatic carbocycles. The Kier molecular flexibility index (Phi) is 5.17. The normalized spacial score (nSPS) is 13.1. The first-order chi connectivity index (χ1) is 7.13. The number of alkyl halides is 1. The molecule has 0 N–H and O–H groups in total. The molecule has 0 radical (unpaired) electrons. The summed E-state index contributed by atoms with van der Waals surface area (Å²) in [5.74, 6) is 2.02. The zero-order valence-corrected chi connectivity index (χ0v) is 10.7. The monoisotopic (exact) mass is 224 g/mol. The Hall–Kier alpha value is -0.490. The molecule has 15 heavy (non-hydrogen) atoms. The molecule has 0 saturated carbocycles. The number of hydrogen-bond acceptors (Lipinski definition) is 0. The minimum absolute atomic E-state index is 0.622. The third kappa shape index (κ3) is 4.25. The van der Waals surface area contributed by atoms with Gasteiger partial charge in [0.15, 0.2) is 0 Å². The fraction of sp³-hybridized carbons (Fsp3) is 0.571. The quantitative estimate of drug-likeness (QED) is 0.641. The van der Waals surface area contributed by atoms with Gasteiger partial charge in [0.1, 0.15) is 0 Å². The van der Waals surface area contributed by atoms with Gasteiger partial charge in [0.25, 0.3) is 0 Å². The van der Waals surface area contributed by atoms with Gasteiger partial charge in [-0.1, -0.05) is 45.0 Å². The Bertz CT molecular complexity index is 274. The van der Waals surface area contributed by atoms with Gasteiger partial charge in [-0.05, 0) is 35.8 Å². The number of aryl methyl sites for hydroxylation is 1. The average Bonchev–Trinajstić information content (AvgIpc) is 2.26. The highest BCUT2D eigenvalue weighted by molar-refractivity contribution is 6.18. The van der Waals surface area contributed by atoms with Gasteiger partial charge >= 0.3 is 0 Å². The summed E-state index contributed by atoms with van der Waals surface area (Å²) >= 11 is 5.79. The fourth-order valence-electron chi connectivity index (χ4n) is 1.56. The highest BCUT2D eigenvalue weighted by atomic mass is 35.5. The van der Waals surface area contributed by atoms with Crippen LogP contribution in [0, 0.1) is 5.92 Å².